The molecule has 1 aromatic heterocycles. The highest BCUT2D eigenvalue weighted by atomic mass is 35.5. The summed E-state index contributed by atoms with van der Waals surface area (Å²) in [5.74, 6) is 1.70. The predicted octanol–water partition coefficient (Wildman–Crippen LogP) is 5.27. The maximum Gasteiger partial charge on any atom is 0.418 e. The van der Waals surface area contributed by atoms with Gasteiger partial charge in [-0.15, -0.1) is 0 Å². The molecule has 24 heavy (non-hydrogen) atoms. The summed E-state index contributed by atoms with van der Waals surface area (Å²) in [6.45, 7) is 6.47. The van der Waals surface area contributed by atoms with Gasteiger partial charge in [-0.3, -0.25) is 0 Å². The quantitative estimate of drug-likeness (QED) is 0.764. The highest BCUT2D eigenvalue weighted by Gasteiger charge is 2.34. The Balaban J connectivity index is 2.31. The van der Waals surface area contributed by atoms with Crippen molar-refractivity contribution in [2.24, 2.45) is 5.92 Å². The summed E-state index contributed by atoms with van der Waals surface area (Å²) >= 11 is 5.68. The van der Waals surface area contributed by atoms with Crippen LogP contribution in [0.4, 0.5) is 30.5 Å². The third-order valence-corrected chi connectivity index (χ3v) is 3.31. The average Bonchev–Trinajstić information content (AvgIpc) is 2.45. The minimum Gasteiger partial charge on any atom is -0.370 e. The number of nitrogens with zero attached hydrogens (tertiary/aromatic N) is 2. The second-order valence-electron chi connectivity index (χ2n) is 5.77. The fraction of sp³-hybridized carbons (Fsp3) is 0.375. The molecule has 0 atom stereocenters. The maximum atomic E-state index is 13.2. The predicted molar refractivity (Wildman–Crippen MR) is 89.8 cm³/mol. The highest BCUT2D eigenvalue weighted by molar-refractivity contribution is 6.30. The third-order valence-electron chi connectivity index (χ3n) is 3.08. The fourth-order valence-electron chi connectivity index (χ4n) is 2.03. The first kappa shape index (κ1) is 18.3. The maximum absolute atomic E-state index is 13.2. The number of hydrogen-bond acceptors (Lipinski definition) is 4. The van der Waals surface area contributed by atoms with Gasteiger partial charge in [-0.2, -0.15) is 13.2 Å². The number of anilines is 3. The molecular weight excluding hydrogens is 341 g/mol. The molecule has 0 aliphatic heterocycles. The Hall–Kier alpha value is -2.02. The van der Waals surface area contributed by atoms with Crippen molar-refractivity contribution >= 4 is 28.9 Å². The van der Waals surface area contributed by atoms with Crippen molar-refractivity contribution < 1.29 is 13.2 Å². The molecule has 0 radical (unpaired) electrons. The summed E-state index contributed by atoms with van der Waals surface area (Å²) in [6.07, 6.45) is -4.52. The van der Waals surface area contributed by atoms with Crippen LogP contribution in [0.15, 0.2) is 24.3 Å². The lowest BCUT2D eigenvalue weighted by Gasteiger charge is -2.15. The molecule has 0 fully saturated rings. The van der Waals surface area contributed by atoms with E-state index in [1.165, 1.54) is 12.1 Å². The van der Waals surface area contributed by atoms with E-state index in [1.807, 2.05) is 13.8 Å². The number of nitrogens with one attached hydrogen (secondary N) is 2. The minimum atomic E-state index is -4.52. The number of aryl methyl sites for hydroxylation is 1. The van der Waals surface area contributed by atoms with Gasteiger partial charge in [0.25, 0.3) is 0 Å². The molecule has 0 saturated carbocycles. The molecule has 0 aliphatic rings. The normalized spacial score (nSPS) is 11.7. The standard InChI is InChI=1S/C16H18ClF3N4/c1-9(2)8-21-14-7-15(23-10(3)22-14)24-13-5-4-11(17)6-12(13)16(18,19)20/h4-7,9H,8H2,1-3H3,(H2,21,22,23,24). The van der Waals surface area contributed by atoms with Crippen LogP contribution in [0.2, 0.25) is 5.02 Å². The van der Waals surface area contributed by atoms with Gasteiger partial charge >= 0.3 is 6.18 Å². The molecule has 0 saturated heterocycles. The number of benzene rings is 1. The lowest BCUT2D eigenvalue weighted by molar-refractivity contribution is -0.136. The van der Waals surface area contributed by atoms with Crippen molar-refractivity contribution in [1.82, 2.24) is 9.97 Å². The summed E-state index contributed by atoms with van der Waals surface area (Å²) < 4.78 is 39.5. The monoisotopic (exact) mass is 358 g/mol. The van der Waals surface area contributed by atoms with E-state index in [0.717, 1.165) is 6.07 Å². The molecule has 2 rings (SSSR count). The first-order chi connectivity index (χ1) is 11.1. The van der Waals surface area contributed by atoms with Gasteiger partial charge in [0.15, 0.2) is 0 Å². The SMILES string of the molecule is Cc1nc(NCC(C)C)cc(Nc2ccc(Cl)cc2C(F)(F)F)n1. The lowest BCUT2D eigenvalue weighted by Crippen LogP contribution is -2.12. The Kier molecular flexibility index (Phi) is 5.54. The number of alkyl halides is 3. The molecule has 0 aliphatic carbocycles. The van der Waals surface area contributed by atoms with Crippen molar-refractivity contribution in [2.75, 3.05) is 17.2 Å². The number of rotatable bonds is 5. The van der Waals surface area contributed by atoms with Gasteiger partial charge in [-0.1, -0.05) is 25.4 Å². The Labute approximate surface area is 143 Å². The molecule has 0 amide bonds. The molecule has 2 aromatic rings. The Morgan fingerprint density at radius 2 is 1.79 bits per heavy atom. The Morgan fingerprint density at radius 1 is 1.12 bits per heavy atom. The van der Waals surface area contributed by atoms with Crippen molar-refractivity contribution in [1.29, 1.82) is 0 Å². The van der Waals surface area contributed by atoms with Crippen molar-refractivity contribution in [2.45, 2.75) is 26.9 Å². The van der Waals surface area contributed by atoms with E-state index in [9.17, 15) is 13.2 Å². The van der Waals surface area contributed by atoms with Gasteiger partial charge in [-0.05, 0) is 31.0 Å². The topological polar surface area (TPSA) is 49.8 Å². The molecule has 1 aromatic carbocycles. The van der Waals surface area contributed by atoms with Crippen LogP contribution < -0.4 is 10.6 Å². The highest BCUT2D eigenvalue weighted by Crippen LogP contribution is 2.37. The average molecular weight is 359 g/mol. The molecule has 4 nitrogen and oxygen atoms in total. The fourth-order valence-corrected chi connectivity index (χ4v) is 2.20. The van der Waals surface area contributed by atoms with E-state index in [1.54, 1.807) is 13.0 Å². The van der Waals surface area contributed by atoms with Gasteiger partial charge < -0.3 is 10.6 Å². The summed E-state index contributed by atoms with van der Waals surface area (Å²) in [4.78, 5) is 8.37. The van der Waals surface area contributed by atoms with E-state index in [4.69, 9.17) is 11.6 Å². The first-order valence-electron chi connectivity index (χ1n) is 7.38. The van der Waals surface area contributed by atoms with Crippen LogP contribution in [-0.2, 0) is 6.18 Å². The lowest BCUT2D eigenvalue weighted by atomic mass is 10.1. The molecule has 0 unspecified atom stereocenters. The molecule has 1 heterocycles. The summed E-state index contributed by atoms with van der Waals surface area (Å²) in [5.41, 5.74) is -0.956. The van der Waals surface area contributed by atoms with E-state index in [2.05, 4.69) is 20.6 Å². The van der Waals surface area contributed by atoms with E-state index in [-0.39, 0.29) is 16.5 Å². The summed E-state index contributed by atoms with van der Waals surface area (Å²) in [5, 5.41) is 5.86. The second-order valence-corrected chi connectivity index (χ2v) is 6.21. The second kappa shape index (κ2) is 7.25. The smallest absolute Gasteiger partial charge is 0.370 e. The van der Waals surface area contributed by atoms with Gasteiger partial charge in [0.2, 0.25) is 0 Å². The summed E-state index contributed by atoms with van der Waals surface area (Å²) in [6, 6.07) is 5.13. The Morgan fingerprint density at radius 3 is 2.42 bits per heavy atom. The van der Waals surface area contributed by atoms with Crippen LogP contribution in [-0.4, -0.2) is 16.5 Å². The number of hydrogen-bond donors (Lipinski definition) is 2. The molecular formula is C16H18ClF3N4. The first-order valence-corrected chi connectivity index (χ1v) is 7.76. The van der Waals surface area contributed by atoms with Gasteiger partial charge in [-0.25, -0.2) is 9.97 Å². The van der Waals surface area contributed by atoms with E-state index in [0.29, 0.717) is 24.1 Å². The molecule has 130 valence electrons. The Bertz CT molecular complexity index is 717. The van der Waals surface area contributed by atoms with E-state index < -0.39 is 11.7 Å². The zero-order valence-corrected chi connectivity index (χ0v) is 14.3. The zero-order chi connectivity index (χ0) is 17.9. The van der Waals surface area contributed by atoms with Crippen LogP contribution in [0.1, 0.15) is 25.2 Å². The molecule has 0 bridgehead atoms. The molecule has 2 N–H and O–H groups in total. The van der Waals surface area contributed by atoms with Crippen molar-refractivity contribution in [3.8, 4) is 0 Å². The summed E-state index contributed by atoms with van der Waals surface area (Å²) in [7, 11) is 0. The van der Waals surface area contributed by atoms with E-state index >= 15 is 0 Å². The van der Waals surface area contributed by atoms with Crippen molar-refractivity contribution in [3.63, 3.8) is 0 Å². The zero-order valence-electron chi connectivity index (χ0n) is 13.5. The van der Waals surface area contributed by atoms with Gasteiger partial charge in [0.05, 0.1) is 11.3 Å². The van der Waals surface area contributed by atoms with Crippen molar-refractivity contribution in [3.05, 3.63) is 40.7 Å². The van der Waals surface area contributed by atoms with Crippen LogP contribution in [0, 0.1) is 12.8 Å². The van der Waals surface area contributed by atoms with Crippen LogP contribution in [0.3, 0.4) is 0 Å². The van der Waals surface area contributed by atoms with Crippen LogP contribution >= 0.6 is 11.6 Å². The van der Waals surface area contributed by atoms with Gasteiger partial charge in [0.1, 0.15) is 17.5 Å². The van der Waals surface area contributed by atoms with Crippen LogP contribution in [0.25, 0.3) is 0 Å². The van der Waals surface area contributed by atoms with Crippen LogP contribution in [0.5, 0.6) is 0 Å². The third kappa shape index (κ3) is 4.99. The van der Waals surface area contributed by atoms with Gasteiger partial charge in [0, 0.05) is 17.6 Å². The minimum absolute atomic E-state index is 0.0195. The molecule has 0 spiro atoms. The largest absolute Gasteiger partial charge is 0.418 e. The number of aromatic nitrogens is 2. The molecule has 8 heteroatoms. The number of halogens is 4.